The zero-order valence-electron chi connectivity index (χ0n) is 18.0. The SMILES string of the molecule is Cc1ccc(Oc2ccnc(NC(Cc3ccc(C(N)=O)cc3)n3cccc3)c2)c(C)n1. The van der Waals surface area contributed by atoms with Crippen LogP contribution >= 0.6 is 0 Å². The van der Waals surface area contributed by atoms with Gasteiger partial charge in [-0.25, -0.2) is 4.98 Å². The molecule has 7 nitrogen and oxygen atoms in total. The number of aromatic nitrogens is 3. The minimum atomic E-state index is -0.434. The second-order valence-electron chi connectivity index (χ2n) is 7.57. The molecule has 32 heavy (non-hydrogen) atoms. The van der Waals surface area contributed by atoms with Crippen molar-refractivity contribution in [3.8, 4) is 11.5 Å². The Hall–Kier alpha value is -4.13. The number of amides is 1. The van der Waals surface area contributed by atoms with E-state index in [0.29, 0.717) is 29.3 Å². The Labute approximate surface area is 186 Å². The summed E-state index contributed by atoms with van der Waals surface area (Å²) in [6, 6.07) is 18.8. The molecule has 4 aromatic rings. The first-order valence-electron chi connectivity index (χ1n) is 10.3. The Morgan fingerprint density at radius 3 is 2.53 bits per heavy atom. The van der Waals surface area contributed by atoms with Crippen molar-refractivity contribution in [2.24, 2.45) is 5.73 Å². The van der Waals surface area contributed by atoms with Gasteiger partial charge in [0, 0.05) is 42.3 Å². The van der Waals surface area contributed by atoms with Crippen molar-refractivity contribution in [3.05, 3.63) is 102 Å². The van der Waals surface area contributed by atoms with Crippen LogP contribution in [-0.2, 0) is 6.42 Å². The number of rotatable bonds is 8. The number of nitrogens with zero attached hydrogens (tertiary/aromatic N) is 3. The van der Waals surface area contributed by atoms with Crippen molar-refractivity contribution in [1.82, 2.24) is 14.5 Å². The molecule has 4 rings (SSSR count). The number of ether oxygens (including phenoxy) is 1. The third-order valence-corrected chi connectivity index (χ3v) is 5.11. The summed E-state index contributed by atoms with van der Waals surface area (Å²) in [4.78, 5) is 20.3. The van der Waals surface area contributed by atoms with E-state index in [2.05, 4.69) is 19.9 Å². The Balaban J connectivity index is 1.53. The van der Waals surface area contributed by atoms with Gasteiger partial charge in [-0.2, -0.15) is 0 Å². The second-order valence-corrected chi connectivity index (χ2v) is 7.57. The number of benzene rings is 1. The normalized spacial score (nSPS) is 11.7. The van der Waals surface area contributed by atoms with Crippen LogP contribution in [0.4, 0.5) is 5.82 Å². The van der Waals surface area contributed by atoms with Crippen LogP contribution in [-0.4, -0.2) is 20.4 Å². The molecular weight excluding hydrogens is 402 g/mol. The van der Waals surface area contributed by atoms with E-state index in [1.54, 1.807) is 18.3 Å². The number of aryl methyl sites for hydroxylation is 2. The summed E-state index contributed by atoms with van der Waals surface area (Å²) in [6.07, 6.45) is 6.30. The van der Waals surface area contributed by atoms with E-state index < -0.39 is 5.91 Å². The van der Waals surface area contributed by atoms with Crippen LogP contribution in [0, 0.1) is 13.8 Å². The van der Waals surface area contributed by atoms with E-state index in [1.165, 1.54) is 0 Å². The van der Waals surface area contributed by atoms with E-state index >= 15 is 0 Å². The number of carbonyl (C=O) groups is 1. The fourth-order valence-electron chi connectivity index (χ4n) is 3.45. The first-order valence-corrected chi connectivity index (χ1v) is 10.3. The first-order chi connectivity index (χ1) is 15.5. The second kappa shape index (κ2) is 9.34. The number of primary amides is 1. The summed E-state index contributed by atoms with van der Waals surface area (Å²) in [6.45, 7) is 3.88. The van der Waals surface area contributed by atoms with Gasteiger partial charge in [0.2, 0.25) is 5.91 Å². The van der Waals surface area contributed by atoms with Crippen molar-refractivity contribution in [1.29, 1.82) is 0 Å². The molecule has 0 spiro atoms. The van der Waals surface area contributed by atoms with Crippen LogP contribution in [0.15, 0.2) is 79.3 Å². The van der Waals surface area contributed by atoms with Crippen molar-refractivity contribution in [2.45, 2.75) is 26.4 Å². The maximum atomic E-state index is 11.3. The molecule has 3 heterocycles. The zero-order chi connectivity index (χ0) is 22.5. The molecular formula is C25H25N5O2. The van der Waals surface area contributed by atoms with Gasteiger partial charge in [0.1, 0.15) is 23.5 Å². The van der Waals surface area contributed by atoms with Crippen LogP contribution in [0.3, 0.4) is 0 Å². The van der Waals surface area contributed by atoms with Gasteiger partial charge in [-0.05, 0) is 61.9 Å². The van der Waals surface area contributed by atoms with Gasteiger partial charge in [-0.3, -0.25) is 9.78 Å². The first kappa shape index (κ1) is 21.1. The summed E-state index contributed by atoms with van der Waals surface area (Å²) >= 11 is 0. The Kier molecular flexibility index (Phi) is 6.17. The molecule has 162 valence electrons. The van der Waals surface area contributed by atoms with Crippen LogP contribution in [0.2, 0.25) is 0 Å². The maximum absolute atomic E-state index is 11.3. The highest BCUT2D eigenvalue weighted by Crippen LogP contribution is 2.26. The number of pyridine rings is 2. The topological polar surface area (TPSA) is 95.1 Å². The monoisotopic (exact) mass is 427 g/mol. The van der Waals surface area contributed by atoms with E-state index in [9.17, 15) is 4.79 Å². The van der Waals surface area contributed by atoms with Gasteiger partial charge >= 0.3 is 0 Å². The number of nitrogens with one attached hydrogen (secondary N) is 1. The number of hydrogen-bond acceptors (Lipinski definition) is 5. The molecule has 0 aliphatic heterocycles. The van der Waals surface area contributed by atoms with Crippen LogP contribution in [0.1, 0.15) is 33.5 Å². The average Bonchev–Trinajstić information content (AvgIpc) is 3.31. The highest BCUT2D eigenvalue weighted by Gasteiger charge is 2.13. The summed E-state index contributed by atoms with van der Waals surface area (Å²) in [5.74, 6) is 1.64. The van der Waals surface area contributed by atoms with Gasteiger partial charge in [0.05, 0.1) is 5.69 Å². The fourth-order valence-corrected chi connectivity index (χ4v) is 3.45. The van der Waals surface area contributed by atoms with Gasteiger partial charge in [0.15, 0.2) is 0 Å². The third-order valence-electron chi connectivity index (χ3n) is 5.11. The predicted octanol–water partition coefficient (Wildman–Crippen LogP) is 4.64. The van der Waals surface area contributed by atoms with E-state index in [1.807, 2.05) is 74.8 Å². The lowest BCUT2D eigenvalue weighted by molar-refractivity contribution is 0.100. The van der Waals surface area contributed by atoms with E-state index in [0.717, 1.165) is 17.0 Å². The minimum absolute atomic E-state index is 0.0880. The third kappa shape index (κ3) is 5.13. The van der Waals surface area contributed by atoms with Gasteiger partial charge < -0.3 is 20.4 Å². The summed E-state index contributed by atoms with van der Waals surface area (Å²) in [5.41, 5.74) is 8.69. The average molecular weight is 428 g/mol. The van der Waals surface area contributed by atoms with Crippen LogP contribution < -0.4 is 15.8 Å². The quantitative estimate of drug-likeness (QED) is 0.427. The molecule has 0 aliphatic carbocycles. The molecule has 1 atom stereocenters. The molecule has 0 saturated carbocycles. The molecule has 1 aromatic carbocycles. The smallest absolute Gasteiger partial charge is 0.248 e. The molecule has 0 bridgehead atoms. The summed E-state index contributed by atoms with van der Waals surface area (Å²) in [5, 5.41) is 3.48. The fraction of sp³-hybridized carbons (Fsp3) is 0.160. The van der Waals surface area contributed by atoms with Crippen molar-refractivity contribution < 1.29 is 9.53 Å². The highest BCUT2D eigenvalue weighted by molar-refractivity contribution is 5.92. The van der Waals surface area contributed by atoms with Crippen molar-refractivity contribution >= 4 is 11.7 Å². The standard InChI is InChI=1S/C25H25N5O2/c1-17-5-10-22(18(2)28-17)32-21-11-12-27-23(16-21)29-24(30-13-3-4-14-30)15-19-6-8-20(9-7-19)25(26)31/h3-14,16,24H,15H2,1-2H3,(H2,26,31)(H,27,29). The predicted molar refractivity (Wildman–Crippen MR) is 124 cm³/mol. The summed E-state index contributed by atoms with van der Waals surface area (Å²) < 4.78 is 8.11. The number of anilines is 1. The van der Waals surface area contributed by atoms with Crippen LogP contribution in [0.25, 0.3) is 0 Å². The molecule has 0 aliphatic rings. The van der Waals surface area contributed by atoms with Crippen molar-refractivity contribution in [3.63, 3.8) is 0 Å². The van der Waals surface area contributed by atoms with E-state index in [4.69, 9.17) is 10.5 Å². The number of carbonyl (C=O) groups excluding carboxylic acids is 1. The molecule has 0 saturated heterocycles. The lowest BCUT2D eigenvalue weighted by Gasteiger charge is -2.22. The van der Waals surface area contributed by atoms with Crippen LogP contribution in [0.5, 0.6) is 11.5 Å². The largest absolute Gasteiger partial charge is 0.455 e. The minimum Gasteiger partial charge on any atom is -0.455 e. The zero-order valence-corrected chi connectivity index (χ0v) is 18.0. The molecule has 3 aromatic heterocycles. The lowest BCUT2D eigenvalue weighted by Crippen LogP contribution is -2.20. The molecule has 0 fully saturated rings. The van der Waals surface area contributed by atoms with Gasteiger partial charge in [-0.1, -0.05) is 12.1 Å². The highest BCUT2D eigenvalue weighted by atomic mass is 16.5. The molecule has 3 N–H and O–H groups in total. The molecule has 0 radical (unpaired) electrons. The number of hydrogen-bond donors (Lipinski definition) is 2. The van der Waals surface area contributed by atoms with Gasteiger partial charge in [-0.15, -0.1) is 0 Å². The van der Waals surface area contributed by atoms with Gasteiger partial charge in [0.25, 0.3) is 0 Å². The van der Waals surface area contributed by atoms with E-state index in [-0.39, 0.29) is 6.17 Å². The number of nitrogens with two attached hydrogens (primary N) is 1. The lowest BCUT2D eigenvalue weighted by atomic mass is 10.1. The molecule has 1 amide bonds. The Morgan fingerprint density at radius 1 is 1.09 bits per heavy atom. The maximum Gasteiger partial charge on any atom is 0.248 e. The Morgan fingerprint density at radius 2 is 1.84 bits per heavy atom. The summed E-state index contributed by atoms with van der Waals surface area (Å²) in [7, 11) is 0. The molecule has 7 heteroatoms. The molecule has 1 unspecified atom stereocenters. The Bertz CT molecular complexity index is 1200. The van der Waals surface area contributed by atoms with Crippen molar-refractivity contribution in [2.75, 3.05) is 5.32 Å².